The lowest BCUT2D eigenvalue weighted by molar-refractivity contribution is -0.152. The minimum Gasteiger partial charge on any atom is -0.507 e. The van der Waals surface area contributed by atoms with Crippen molar-refractivity contribution in [3.05, 3.63) is 83.4 Å². The second kappa shape index (κ2) is 11.0. The van der Waals surface area contributed by atoms with Gasteiger partial charge in [-0.15, -0.1) is 0 Å². The lowest BCUT2D eigenvalue weighted by atomic mass is 10.0. The molecule has 5 rings (SSSR count). The maximum absolute atomic E-state index is 11.9. The summed E-state index contributed by atoms with van der Waals surface area (Å²) >= 11 is 0. The zero-order chi connectivity index (χ0) is 30.2. The molecule has 42 heavy (non-hydrogen) atoms. The predicted molar refractivity (Wildman–Crippen MR) is 158 cm³/mol. The van der Waals surface area contributed by atoms with Crippen molar-refractivity contribution in [3.63, 3.8) is 0 Å². The summed E-state index contributed by atoms with van der Waals surface area (Å²) in [6.07, 6.45) is 2.77. The van der Waals surface area contributed by atoms with E-state index in [1.54, 1.807) is 6.07 Å². The van der Waals surface area contributed by atoms with Crippen LogP contribution in [0.5, 0.6) is 11.5 Å². The van der Waals surface area contributed by atoms with E-state index in [4.69, 9.17) is 9.72 Å². The minimum atomic E-state index is -1.62. The smallest absolute Gasteiger partial charge is 0.347 e. The molecule has 5 aromatic rings. The fraction of sp³-hybridized carbons (Fsp3) is 0.219. The Morgan fingerprint density at radius 1 is 0.667 bits per heavy atom. The normalized spacial score (nSPS) is 11.4. The molecule has 3 aromatic carbocycles. The number of phenolic OH excluding ortho intramolecular Hbond substituents is 1. The number of rotatable bonds is 7. The summed E-state index contributed by atoms with van der Waals surface area (Å²) in [5.74, 6) is 0.00381. The SMILES string of the molecule is Cc1ccc(-c2ncnc(-c3cc(-c4ncnc(-c5ccc(C)cc5C)n4)c(OC(C)(C)C(=O)O)cc3O)n2)c(C)c1. The van der Waals surface area contributed by atoms with Crippen molar-refractivity contribution in [1.29, 1.82) is 0 Å². The van der Waals surface area contributed by atoms with E-state index in [0.717, 1.165) is 33.4 Å². The summed E-state index contributed by atoms with van der Waals surface area (Å²) in [5.41, 5.74) is 4.87. The maximum Gasteiger partial charge on any atom is 0.347 e. The van der Waals surface area contributed by atoms with Gasteiger partial charge in [0.2, 0.25) is 0 Å². The zero-order valence-electron chi connectivity index (χ0n) is 24.2. The van der Waals surface area contributed by atoms with Gasteiger partial charge >= 0.3 is 5.97 Å². The number of carboxylic acid groups (broad SMARTS) is 1. The largest absolute Gasteiger partial charge is 0.507 e. The molecule has 0 saturated heterocycles. The van der Waals surface area contributed by atoms with Gasteiger partial charge in [-0.2, -0.15) is 0 Å². The van der Waals surface area contributed by atoms with Gasteiger partial charge < -0.3 is 14.9 Å². The van der Waals surface area contributed by atoms with Crippen molar-refractivity contribution in [3.8, 4) is 57.1 Å². The average Bonchev–Trinajstić information content (AvgIpc) is 2.93. The van der Waals surface area contributed by atoms with E-state index in [1.807, 2.05) is 64.1 Å². The molecule has 0 aliphatic heterocycles. The summed E-state index contributed by atoms with van der Waals surface area (Å²) in [6, 6.07) is 14.8. The Bertz CT molecular complexity index is 1840. The number of aromatic hydroxyl groups is 1. The average molecular weight is 563 g/mol. The first-order valence-corrected chi connectivity index (χ1v) is 13.3. The van der Waals surface area contributed by atoms with Crippen molar-refractivity contribution in [1.82, 2.24) is 29.9 Å². The lowest BCUT2D eigenvalue weighted by Gasteiger charge is -2.23. The highest BCUT2D eigenvalue weighted by Crippen LogP contribution is 2.40. The van der Waals surface area contributed by atoms with E-state index >= 15 is 0 Å². The summed E-state index contributed by atoms with van der Waals surface area (Å²) in [4.78, 5) is 38.7. The van der Waals surface area contributed by atoms with Crippen LogP contribution in [0, 0.1) is 27.7 Å². The van der Waals surface area contributed by atoms with Crippen molar-refractivity contribution in [2.24, 2.45) is 0 Å². The Balaban J connectivity index is 1.68. The third kappa shape index (κ3) is 5.64. The van der Waals surface area contributed by atoms with Crippen LogP contribution in [-0.2, 0) is 4.79 Å². The molecule has 10 nitrogen and oxygen atoms in total. The Morgan fingerprint density at radius 2 is 1.12 bits per heavy atom. The van der Waals surface area contributed by atoms with Crippen molar-refractivity contribution < 1.29 is 19.7 Å². The molecule has 2 heterocycles. The van der Waals surface area contributed by atoms with E-state index in [1.165, 1.54) is 32.6 Å². The number of benzene rings is 3. The number of ether oxygens (including phenoxy) is 1. The van der Waals surface area contributed by atoms with Gasteiger partial charge in [0.25, 0.3) is 0 Å². The van der Waals surface area contributed by atoms with Crippen LogP contribution in [0.25, 0.3) is 45.6 Å². The van der Waals surface area contributed by atoms with Crippen molar-refractivity contribution in [2.45, 2.75) is 47.1 Å². The summed E-state index contributed by atoms with van der Waals surface area (Å²) < 4.78 is 5.91. The standard InChI is InChI=1S/C32H30N6O4/c1-17-7-9-21(19(3)11-17)27-33-15-35-29(37-27)23-13-24(26(14-25(23)39)42-32(5,6)31(40)41)30-36-16-34-28(38-30)22-10-8-18(2)12-20(22)4/h7-16,39H,1-6H3,(H,40,41). The molecule has 10 heteroatoms. The number of aromatic nitrogens is 6. The molecule has 0 radical (unpaired) electrons. The van der Waals surface area contributed by atoms with E-state index < -0.39 is 11.6 Å². The van der Waals surface area contributed by atoms with E-state index in [2.05, 4.69) is 24.9 Å². The quantitative estimate of drug-likeness (QED) is 0.246. The molecule has 0 spiro atoms. The van der Waals surface area contributed by atoms with Crippen LogP contribution in [-0.4, -0.2) is 51.7 Å². The molecule has 2 N–H and O–H groups in total. The van der Waals surface area contributed by atoms with E-state index in [-0.39, 0.29) is 28.7 Å². The lowest BCUT2D eigenvalue weighted by Crippen LogP contribution is -2.38. The molecule has 0 aliphatic carbocycles. The molecule has 0 bridgehead atoms. The monoisotopic (exact) mass is 562 g/mol. The minimum absolute atomic E-state index is 0.0742. The highest BCUT2D eigenvalue weighted by molar-refractivity contribution is 5.80. The van der Waals surface area contributed by atoms with Gasteiger partial charge in [-0.1, -0.05) is 47.5 Å². The number of hydrogen-bond acceptors (Lipinski definition) is 9. The number of phenols is 1. The molecule has 0 saturated carbocycles. The van der Waals surface area contributed by atoms with Crippen LogP contribution >= 0.6 is 0 Å². The topological polar surface area (TPSA) is 144 Å². The fourth-order valence-corrected chi connectivity index (χ4v) is 4.57. The molecule has 0 amide bonds. The molecule has 2 aromatic heterocycles. The highest BCUT2D eigenvalue weighted by atomic mass is 16.5. The van der Waals surface area contributed by atoms with Crippen LogP contribution in [0.1, 0.15) is 36.1 Å². The Kier molecular flexibility index (Phi) is 7.38. The molecular formula is C32H30N6O4. The Morgan fingerprint density at radius 3 is 1.57 bits per heavy atom. The third-order valence-electron chi connectivity index (χ3n) is 6.85. The maximum atomic E-state index is 11.9. The van der Waals surface area contributed by atoms with Crippen molar-refractivity contribution in [2.75, 3.05) is 0 Å². The summed E-state index contributed by atoms with van der Waals surface area (Å²) in [6.45, 7) is 10.8. The zero-order valence-corrected chi connectivity index (χ0v) is 24.2. The van der Waals surface area contributed by atoms with Gasteiger partial charge in [0.15, 0.2) is 28.9 Å². The van der Waals surface area contributed by atoms with E-state index in [0.29, 0.717) is 17.2 Å². The molecule has 0 aliphatic rings. The number of aliphatic carboxylic acids is 1. The Hall–Kier alpha value is -5.25. The van der Waals surface area contributed by atoms with Gasteiger partial charge in [0.1, 0.15) is 24.2 Å². The number of carboxylic acids is 1. The molecular weight excluding hydrogens is 532 g/mol. The fourth-order valence-electron chi connectivity index (χ4n) is 4.57. The number of hydrogen-bond donors (Lipinski definition) is 2. The van der Waals surface area contributed by atoms with Gasteiger partial charge in [-0.25, -0.2) is 34.7 Å². The molecule has 0 unspecified atom stereocenters. The first kappa shape index (κ1) is 28.3. The second-order valence-corrected chi connectivity index (χ2v) is 10.7. The van der Waals surface area contributed by atoms with Crippen LogP contribution in [0.4, 0.5) is 0 Å². The number of nitrogens with zero attached hydrogens (tertiary/aromatic N) is 6. The van der Waals surface area contributed by atoms with Crippen LogP contribution < -0.4 is 4.74 Å². The van der Waals surface area contributed by atoms with Gasteiger partial charge in [-0.3, -0.25) is 0 Å². The third-order valence-corrected chi connectivity index (χ3v) is 6.85. The molecule has 0 atom stereocenters. The van der Waals surface area contributed by atoms with E-state index in [9.17, 15) is 15.0 Å². The van der Waals surface area contributed by atoms with Crippen molar-refractivity contribution >= 4 is 5.97 Å². The molecule has 0 fully saturated rings. The van der Waals surface area contributed by atoms with Crippen LogP contribution in [0.2, 0.25) is 0 Å². The predicted octanol–water partition coefficient (Wildman–Crippen LogP) is 5.91. The molecule has 212 valence electrons. The number of carbonyl (C=O) groups is 1. The first-order chi connectivity index (χ1) is 19.9. The highest BCUT2D eigenvalue weighted by Gasteiger charge is 2.32. The van der Waals surface area contributed by atoms with Crippen LogP contribution in [0.15, 0.2) is 61.2 Å². The summed E-state index contributed by atoms with van der Waals surface area (Å²) in [5, 5.41) is 20.9. The van der Waals surface area contributed by atoms with Gasteiger partial charge in [0, 0.05) is 17.2 Å². The van der Waals surface area contributed by atoms with Gasteiger partial charge in [0.05, 0.1) is 11.1 Å². The van der Waals surface area contributed by atoms with Gasteiger partial charge in [-0.05, 0) is 58.7 Å². The Labute approximate surface area is 243 Å². The van der Waals surface area contributed by atoms with Crippen LogP contribution in [0.3, 0.4) is 0 Å². The number of aryl methyl sites for hydroxylation is 4. The second-order valence-electron chi connectivity index (χ2n) is 10.7. The first-order valence-electron chi connectivity index (χ1n) is 13.3. The summed E-state index contributed by atoms with van der Waals surface area (Å²) in [7, 11) is 0.